The standard InChI is InChI=1S/C15H22N4O2/c1-18(15(21)11-8-16-10-17-9-11)12-4-5-13(14(12)20)19-6-2-3-7-19/h8-10,12-14,20H,2-7H2,1H3/t12-,13-,14-/m1/s1. The van der Waals surface area contributed by atoms with E-state index in [-0.39, 0.29) is 18.0 Å². The van der Waals surface area contributed by atoms with Gasteiger partial charge in [-0.2, -0.15) is 0 Å². The second-order valence-corrected chi connectivity index (χ2v) is 5.99. The van der Waals surface area contributed by atoms with Gasteiger partial charge >= 0.3 is 0 Å². The molecule has 1 aliphatic carbocycles. The molecular formula is C15H22N4O2. The lowest BCUT2D eigenvalue weighted by Gasteiger charge is -2.32. The van der Waals surface area contributed by atoms with Crippen LogP contribution in [0.15, 0.2) is 18.7 Å². The molecule has 1 aliphatic heterocycles. The number of likely N-dealkylation sites (N-methyl/N-ethyl adjacent to an activating group) is 1. The van der Waals surface area contributed by atoms with E-state index in [1.54, 1.807) is 11.9 Å². The van der Waals surface area contributed by atoms with E-state index in [0.717, 1.165) is 25.9 Å². The lowest BCUT2D eigenvalue weighted by atomic mass is 10.1. The molecule has 2 aliphatic rings. The van der Waals surface area contributed by atoms with Gasteiger partial charge in [0.2, 0.25) is 0 Å². The maximum absolute atomic E-state index is 12.4. The number of likely N-dealkylation sites (tertiary alicyclic amines) is 1. The summed E-state index contributed by atoms with van der Waals surface area (Å²) in [6.45, 7) is 2.14. The molecule has 0 unspecified atom stereocenters. The fourth-order valence-corrected chi connectivity index (χ4v) is 3.60. The zero-order valence-corrected chi connectivity index (χ0v) is 12.4. The summed E-state index contributed by atoms with van der Waals surface area (Å²) in [5.41, 5.74) is 0.469. The summed E-state index contributed by atoms with van der Waals surface area (Å²) in [7, 11) is 1.76. The quantitative estimate of drug-likeness (QED) is 0.879. The van der Waals surface area contributed by atoms with Crippen LogP contribution >= 0.6 is 0 Å². The summed E-state index contributed by atoms with van der Waals surface area (Å²) in [6, 6.07) is 0.0723. The fraction of sp³-hybridized carbons (Fsp3) is 0.667. The van der Waals surface area contributed by atoms with Crippen molar-refractivity contribution in [3.05, 3.63) is 24.3 Å². The highest BCUT2D eigenvalue weighted by molar-refractivity contribution is 5.93. The second-order valence-electron chi connectivity index (χ2n) is 5.99. The van der Waals surface area contributed by atoms with Gasteiger partial charge in [0, 0.05) is 25.5 Å². The minimum atomic E-state index is -0.471. The number of rotatable bonds is 3. The maximum atomic E-state index is 12.4. The van der Waals surface area contributed by atoms with Gasteiger partial charge in [-0.05, 0) is 38.8 Å². The Morgan fingerprint density at radius 1 is 1.29 bits per heavy atom. The first-order valence-electron chi connectivity index (χ1n) is 7.63. The van der Waals surface area contributed by atoms with Crippen molar-refractivity contribution in [2.45, 2.75) is 43.9 Å². The first-order chi connectivity index (χ1) is 10.2. The predicted octanol–water partition coefficient (Wildman–Crippen LogP) is 0.536. The van der Waals surface area contributed by atoms with Crippen LogP contribution in [-0.4, -0.2) is 69.1 Å². The number of aliphatic hydroxyl groups excluding tert-OH is 1. The monoisotopic (exact) mass is 290 g/mol. The van der Waals surface area contributed by atoms with E-state index < -0.39 is 6.10 Å². The zero-order valence-electron chi connectivity index (χ0n) is 12.4. The van der Waals surface area contributed by atoms with E-state index in [0.29, 0.717) is 5.56 Å². The Morgan fingerprint density at radius 2 is 1.95 bits per heavy atom. The van der Waals surface area contributed by atoms with Crippen LogP contribution in [0.3, 0.4) is 0 Å². The van der Waals surface area contributed by atoms with Gasteiger partial charge in [0.05, 0.1) is 17.7 Å². The summed E-state index contributed by atoms with van der Waals surface area (Å²) >= 11 is 0. The summed E-state index contributed by atoms with van der Waals surface area (Å²) in [5.74, 6) is -0.123. The molecule has 114 valence electrons. The molecule has 3 rings (SSSR count). The van der Waals surface area contributed by atoms with E-state index in [4.69, 9.17) is 0 Å². The topological polar surface area (TPSA) is 69.6 Å². The van der Waals surface area contributed by atoms with Gasteiger partial charge in [-0.3, -0.25) is 9.69 Å². The molecule has 0 aromatic carbocycles. The average molecular weight is 290 g/mol. The third kappa shape index (κ3) is 2.78. The number of aliphatic hydroxyl groups is 1. The van der Waals surface area contributed by atoms with Crippen LogP contribution in [0.2, 0.25) is 0 Å². The SMILES string of the molecule is CN(C(=O)c1cncnc1)[C@@H]1CC[C@@H](N2CCCC2)[C@@H]1O. The minimum Gasteiger partial charge on any atom is -0.389 e. The Kier molecular flexibility index (Phi) is 4.17. The van der Waals surface area contributed by atoms with E-state index in [1.807, 2.05) is 0 Å². The molecule has 0 bridgehead atoms. The molecule has 3 atom stereocenters. The second kappa shape index (κ2) is 6.07. The molecule has 6 heteroatoms. The van der Waals surface area contributed by atoms with Crippen molar-refractivity contribution < 1.29 is 9.90 Å². The third-order valence-corrected chi connectivity index (χ3v) is 4.78. The number of hydrogen-bond acceptors (Lipinski definition) is 5. The Hall–Kier alpha value is -1.53. The van der Waals surface area contributed by atoms with Crippen LogP contribution in [0, 0.1) is 0 Å². The summed E-state index contributed by atoms with van der Waals surface area (Å²) in [4.78, 5) is 24.2. The van der Waals surface area contributed by atoms with Crippen molar-refractivity contribution in [1.82, 2.24) is 19.8 Å². The third-order valence-electron chi connectivity index (χ3n) is 4.78. The summed E-state index contributed by atoms with van der Waals surface area (Å²) < 4.78 is 0. The molecule has 1 saturated carbocycles. The molecule has 1 saturated heterocycles. The number of carbonyl (C=O) groups is 1. The minimum absolute atomic E-state index is 0.122. The van der Waals surface area contributed by atoms with Crippen LogP contribution in [0.5, 0.6) is 0 Å². The lowest BCUT2D eigenvalue weighted by Crippen LogP contribution is -2.48. The van der Waals surface area contributed by atoms with Crippen LogP contribution in [0.4, 0.5) is 0 Å². The highest BCUT2D eigenvalue weighted by Gasteiger charge is 2.42. The Morgan fingerprint density at radius 3 is 2.62 bits per heavy atom. The summed E-state index contributed by atoms with van der Waals surface area (Å²) in [6.07, 6.45) is 8.20. The Bertz CT molecular complexity index is 490. The fourth-order valence-electron chi connectivity index (χ4n) is 3.60. The molecule has 1 aromatic rings. The van der Waals surface area contributed by atoms with E-state index >= 15 is 0 Å². The van der Waals surface area contributed by atoms with Gasteiger partial charge < -0.3 is 10.0 Å². The van der Waals surface area contributed by atoms with E-state index in [1.165, 1.54) is 31.6 Å². The van der Waals surface area contributed by atoms with Gasteiger partial charge in [0.15, 0.2) is 0 Å². The number of amides is 1. The molecule has 2 fully saturated rings. The van der Waals surface area contributed by atoms with Gasteiger partial charge in [0.25, 0.3) is 5.91 Å². The van der Waals surface area contributed by atoms with E-state index in [2.05, 4.69) is 14.9 Å². The Labute approximate surface area is 124 Å². The largest absolute Gasteiger partial charge is 0.389 e. The van der Waals surface area contributed by atoms with Crippen molar-refractivity contribution in [2.24, 2.45) is 0 Å². The van der Waals surface area contributed by atoms with E-state index in [9.17, 15) is 9.90 Å². The highest BCUT2D eigenvalue weighted by atomic mass is 16.3. The average Bonchev–Trinajstić information content (AvgIpc) is 3.16. The van der Waals surface area contributed by atoms with Crippen molar-refractivity contribution in [3.8, 4) is 0 Å². The first kappa shape index (κ1) is 14.4. The molecule has 1 amide bonds. The molecule has 6 nitrogen and oxygen atoms in total. The van der Waals surface area contributed by atoms with Gasteiger partial charge in [0.1, 0.15) is 6.33 Å². The molecular weight excluding hydrogens is 268 g/mol. The number of nitrogens with zero attached hydrogens (tertiary/aromatic N) is 4. The van der Waals surface area contributed by atoms with Crippen LogP contribution in [0.1, 0.15) is 36.0 Å². The Balaban J connectivity index is 1.68. The van der Waals surface area contributed by atoms with Crippen molar-refractivity contribution in [3.63, 3.8) is 0 Å². The maximum Gasteiger partial charge on any atom is 0.257 e. The zero-order chi connectivity index (χ0) is 14.8. The molecule has 0 spiro atoms. The first-order valence-corrected chi connectivity index (χ1v) is 7.63. The van der Waals surface area contributed by atoms with Gasteiger partial charge in [-0.15, -0.1) is 0 Å². The van der Waals surface area contributed by atoms with Gasteiger partial charge in [-0.25, -0.2) is 9.97 Å². The molecule has 1 N–H and O–H groups in total. The number of aromatic nitrogens is 2. The molecule has 2 heterocycles. The normalized spacial score (nSPS) is 29.7. The van der Waals surface area contributed by atoms with Gasteiger partial charge in [-0.1, -0.05) is 0 Å². The summed E-state index contributed by atoms with van der Waals surface area (Å²) in [5, 5.41) is 10.6. The van der Waals surface area contributed by atoms with Crippen LogP contribution in [0.25, 0.3) is 0 Å². The number of hydrogen-bond donors (Lipinski definition) is 1. The van der Waals surface area contributed by atoms with Crippen LogP contribution < -0.4 is 0 Å². The lowest BCUT2D eigenvalue weighted by molar-refractivity contribution is 0.0295. The molecule has 1 aromatic heterocycles. The smallest absolute Gasteiger partial charge is 0.257 e. The van der Waals surface area contributed by atoms with Crippen molar-refractivity contribution >= 4 is 5.91 Å². The highest BCUT2D eigenvalue weighted by Crippen LogP contribution is 2.30. The van der Waals surface area contributed by atoms with Crippen LogP contribution in [-0.2, 0) is 0 Å². The predicted molar refractivity (Wildman–Crippen MR) is 77.7 cm³/mol. The van der Waals surface area contributed by atoms with Crippen molar-refractivity contribution in [2.75, 3.05) is 20.1 Å². The van der Waals surface area contributed by atoms with Crippen molar-refractivity contribution in [1.29, 1.82) is 0 Å². The molecule has 0 radical (unpaired) electrons. The number of carbonyl (C=O) groups excluding carboxylic acids is 1. The molecule has 21 heavy (non-hydrogen) atoms.